The largest absolute Gasteiger partial charge is 0.496 e. The summed E-state index contributed by atoms with van der Waals surface area (Å²) in [5, 5.41) is 3.23. The highest BCUT2D eigenvalue weighted by molar-refractivity contribution is 7.99. The summed E-state index contributed by atoms with van der Waals surface area (Å²) >= 11 is 1.45. The Balaban J connectivity index is 2.16. The van der Waals surface area contributed by atoms with E-state index in [0.717, 1.165) is 12.2 Å². The van der Waals surface area contributed by atoms with Gasteiger partial charge in [-0.15, -0.1) is 0 Å². The first-order valence-electron chi connectivity index (χ1n) is 8.36. The van der Waals surface area contributed by atoms with Crippen molar-refractivity contribution in [2.75, 3.05) is 25.3 Å². The molecule has 1 aromatic heterocycles. The van der Waals surface area contributed by atoms with Gasteiger partial charge in [0.1, 0.15) is 17.3 Å². The topological polar surface area (TPSA) is 93.3 Å². The van der Waals surface area contributed by atoms with Gasteiger partial charge in [-0.1, -0.05) is 24.8 Å². The molecule has 1 amide bonds. The maximum absolute atomic E-state index is 12.8. The molecule has 1 unspecified atom stereocenters. The summed E-state index contributed by atoms with van der Waals surface area (Å²) in [5.41, 5.74) is 0.842. The lowest BCUT2D eigenvalue weighted by Crippen LogP contribution is -2.31. The molecule has 1 atom stereocenters. The number of fused-ring (bicyclic) bond motifs is 1. The molecule has 0 saturated heterocycles. The molecule has 26 heavy (non-hydrogen) atoms. The Morgan fingerprint density at radius 2 is 1.88 bits per heavy atom. The molecule has 1 aliphatic heterocycles. The number of thioether (sulfide) groups is 1. The molecular formula is C18H21N3O4S. The summed E-state index contributed by atoms with van der Waals surface area (Å²) < 4.78 is 10.9. The smallest absolute Gasteiger partial charge is 0.257 e. The molecular weight excluding hydrogens is 354 g/mol. The van der Waals surface area contributed by atoms with Crippen molar-refractivity contribution >= 4 is 23.5 Å². The maximum Gasteiger partial charge on any atom is 0.257 e. The minimum absolute atomic E-state index is 0.121. The Morgan fingerprint density at radius 3 is 2.50 bits per heavy atom. The van der Waals surface area contributed by atoms with Crippen molar-refractivity contribution in [3.63, 3.8) is 0 Å². The minimum atomic E-state index is -0.494. The molecule has 0 spiro atoms. The van der Waals surface area contributed by atoms with Gasteiger partial charge in [0.15, 0.2) is 5.16 Å². The van der Waals surface area contributed by atoms with E-state index < -0.39 is 5.92 Å². The van der Waals surface area contributed by atoms with E-state index in [-0.39, 0.29) is 17.9 Å². The molecule has 7 nitrogen and oxygen atoms in total. The van der Waals surface area contributed by atoms with Crippen molar-refractivity contribution in [2.24, 2.45) is 0 Å². The van der Waals surface area contributed by atoms with Crippen LogP contribution in [0.25, 0.3) is 0 Å². The number of methoxy groups -OCH3 is 2. The standard InChI is InChI=1S/C18H21N3O4S/c1-4-8-26-18-20-16-15(17(23)21-18)10(9-13(22)19-16)14-11(24-2)6-5-7-12(14)25-3/h5-7,10H,4,8-9H2,1-3H3,(H2,19,20,21,22,23). The van der Waals surface area contributed by atoms with E-state index in [9.17, 15) is 9.59 Å². The Morgan fingerprint density at radius 1 is 1.19 bits per heavy atom. The fourth-order valence-corrected chi connectivity index (χ4v) is 3.81. The Hall–Kier alpha value is -2.48. The highest BCUT2D eigenvalue weighted by atomic mass is 32.2. The van der Waals surface area contributed by atoms with Crippen LogP contribution in [-0.4, -0.2) is 35.8 Å². The second-order valence-electron chi connectivity index (χ2n) is 5.86. The van der Waals surface area contributed by atoms with Crippen LogP contribution in [0.4, 0.5) is 5.82 Å². The van der Waals surface area contributed by atoms with Crippen LogP contribution in [0.15, 0.2) is 28.2 Å². The van der Waals surface area contributed by atoms with Crippen LogP contribution < -0.4 is 20.3 Å². The van der Waals surface area contributed by atoms with Gasteiger partial charge in [-0.3, -0.25) is 9.59 Å². The third kappa shape index (κ3) is 3.41. The molecule has 1 aromatic carbocycles. The molecule has 1 aliphatic rings. The van der Waals surface area contributed by atoms with Crippen LogP contribution in [0.3, 0.4) is 0 Å². The van der Waals surface area contributed by atoms with Crippen LogP contribution >= 0.6 is 11.8 Å². The number of aromatic nitrogens is 2. The van der Waals surface area contributed by atoms with Crippen molar-refractivity contribution < 1.29 is 14.3 Å². The molecule has 2 heterocycles. The van der Waals surface area contributed by atoms with Crippen molar-refractivity contribution in [1.82, 2.24) is 9.97 Å². The molecule has 3 rings (SSSR count). The highest BCUT2D eigenvalue weighted by Gasteiger charge is 2.34. The van der Waals surface area contributed by atoms with Gasteiger partial charge in [-0.25, -0.2) is 4.98 Å². The number of ether oxygens (including phenoxy) is 2. The quantitative estimate of drug-likeness (QED) is 0.596. The van der Waals surface area contributed by atoms with Crippen LogP contribution in [0.2, 0.25) is 0 Å². The third-order valence-electron chi connectivity index (χ3n) is 4.19. The molecule has 8 heteroatoms. The number of benzene rings is 1. The first kappa shape index (κ1) is 18.3. The van der Waals surface area contributed by atoms with Crippen LogP contribution in [0.1, 0.15) is 36.8 Å². The highest BCUT2D eigenvalue weighted by Crippen LogP contribution is 2.43. The van der Waals surface area contributed by atoms with Gasteiger partial charge >= 0.3 is 0 Å². The molecule has 0 aliphatic carbocycles. The van der Waals surface area contributed by atoms with Crippen molar-refractivity contribution in [3.05, 3.63) is 39.7 Å². The number of hydrogen-bond donors (Lipinski definition) is 2. The zero-order chi connectivity index (χ0) is 18.7. The number of carbonyl (C=O) groups excluding carboxylic acids is 1. The van der Waals surface area contributed by atoms with Gasteiger partial charge in [0, 0.05) is 23.7 Å². The molecule has 0 saturated carbocycles. The molecule has 0 fully saturated rings. The van der Waals surface area contributed by atoms with Gasteiger partial charge in [0.05, 0.1) is 19.8 Å². The Bertz CT molecular complexity index is 859. The normalized spacial score (nSPS) is 16.0. The number of nitrogens with zero attached hydrogens (tertiary/aromatic N) is 1. The third-order valence-corrected chi connectivity index (χ3v) is 5.27. The molecule has 2 N–H and O–H groups in total. The Labute approximate surface area is 155 Å². The molecule has 138 valence electrons. The van der Waals surface area contributed by atoms with Gasteiger partial charge in [0.2, 0.25) is 5.91 Å². The lowest BCUT2D eigenvalue weighted by atomic mass is 9.85. The lowest BCUT2D eigenvalue weighted by Gasteiger charge is -2.27. The van der Waals surface area contributed by atoms with E-state index in [1.54, 1.807) is 32.4 Å². The average Bonchev–Trinajstić information content (AvgIpc) is 2.64. The predicted octanol–water partition coefficient (Wildman–Crippen LogP) is 2.76. The summed E-state index contributed by atoms with van der Waals surface area (Å²) in [6.07, 6.45) is 1.08. The summed E-state index contributed by atoms with van der Waals surface area (Å²) in [4.78, 5) is 32.4. The summed E-state index contributed by atoms with van der Waals surface area (Å²) in [6, 6.07) is 5.38. The summed E-state index contributed by atoms with van der Waals surface area (Å²) in [7, 11) is 3.10. The van der Waals surface area contributed by atoms with Crippen LogP contribution in [-0.2, 0) is 4.79 Å². The zero-order valence-electron chi connectivity index (χ0n) is 14.9. The number of amides is 1. The summed E-state index contributed by atoms with van der Waals surface area (Å²) in [5.74, 6) is 1.59. The second-order valence-corrected chi connectivity index (χ2v) is 6.95. The molecule has 0 bridgehead atoms. The number of H-pyrrole nitrogens is 1. The van der Waals surface area contributed by atoms with Crippen molar-refractivity contribution in [3.8, 4) is 11.5 Å². The number of aromatic amines is 1. The van der Waals surface area contributed by atoms with E-state index in [1.165, 1.54) is 11.8 Å². The van der Waals surface area contributed by atoms with Crippen LogP contribution in [0.5, 0.6) is 11.5 Å². The SMILES string of the molecule is CCCSc1nc2c(c(=O)[nH]1)C(c1c(OC)cccc1OC)CC(=O)N2. The number of carbonyl (C=O) groups is 1. The first-order valence-corrected chi connectivity index (χ1v) is 9.35. The van der Waals surface area contributed by atoms with Gasteiger partial charge < -0.3 is 19.8 Å². The molecule has 2 aromatic rings. The number of rotatable bonds is 6. The van der Waals surface area contributed by atoms with Crippen molar-refractivity contribution in [1.29, 1.82) is 0 Å². The van der Waals surface area contributed by atoms with Gasteiger partial charge in [0.25, 0.3) is 5.56 Å². The Kier molecular flexibility index (Phi) is 5.51. The van der Waals surface area contributed by atoms with E-state index in [4.69, 9.17) is 9.47 Å². The lowest BCUT2D eigenvalue weighted by molar-refractivity contribution is -0.116. The van der Waals surface area contributed by atoms with E-state index in [1.807, 2.05) is 0 Å². The van der Waals surface area contributed by atoms with E-state index >= 15 is 0 Å². The fraction of sp³-hybridized carbons (Fsp3) is 0.389. The van der Waals surface area contributed by atoms with E-state index in [2.05, 4.69) is 22.2 Å². The predicted molar refractivity (Wildman–Crippen MR) is 101 cm³/mol. The number of hydrogen-bond acceptors (Lipinski definition) is 6. The molecule has 0 radical (unpaired) electrons. The van der Waals surface area contributed by atoms with Crippen molar-refractivity contribution in [2.45, 2.75) is 30.8 Å². The summed E-state index contributed by atoms with van der Waals surface area (Å²) in [6.45, 7) is 2.05. The number of nitrogens with one attached hydrogen (secondary N) is 2. The average molecular weight is 375 g/mol. The maximum atomic E-state index is 12.8. The van der Waals surface area contributed by atoms with Gasteiger partial charge in [-0.05, 0) is 18.6 Å². The fourth-order valence-electron chi connectivity index (χ4n) is 3.09. The monoisotopic (exact) mass is 375 g/mol. The van der Waals surface area contributed by atoms with Gasteiger partial charge in [-0.2, -0.15) is 0 Å². The van der Waals surface area contributed by atoms with E-state index in [0.29, 0.717) is 33.6 Å². The zero-order valence-corrected chi connectivity index (χ0v) is 15.7. The number of anilines is 1. The minimum Gasteiger partial charge on any atom is -0.496 e. The second kappa shape index (κ2) is 7.82. The van der Waals surface area contributed by atoms with Crippen LogP contribution in [0, 0.1) is 0 Å². The first-order chi connectivity index (χ1) is 12.6.